The molecule has 0 aliphatic rings. The Balaban J connectivity index is 0.00000576. The Hall–Kier alpha value is -0.840. The van der Waals surface area contributed by atoms with Crippen LogP contribution in [0.1, 0.15) is 51.5 Å². The van der Waals surface area contributed by atoms with Crippen LogP contribution in [0.3, 0.4) is 0 Å². The molecule has 0 fully saturated rings. The Kier molecular flexibility index (Phi) is 10.00. The number of nitrogens with zero attached hydrogens (tertiary/aromatic N) is 2. The third-order valence-corrected chi connectivity index (χ3v) is 4.65. The van der Waals surface area contributed by atoms with Crippen LogP contribution in [0.4, 0.5) is 0 Å². The fourth-order valence-corrected chi connectivity index (χ4v) is 2.87. The molecule has 0 saturated carbocycles. The molecule has 0 radical (unpaired) electrons. The lowest BCUT2D eigenvalue weighted by molar-refractivity contribution is 0.347. The zero-order valence-electron chi connectivity index (χ0n) is 15.9. The molecule has 0 aromatic carbocycles. The predicted molar refractivity (Wildman–Crippen MR) is 112 cm³/mol. The minimum Gasteiger partial charge on any atom is -0.359 e. The molecule has 0 unspecified atom stereocenters. The first-order chi connectivity index (χ1) is 11.0. The SMILES string of the molecule is CN=C(NCc1cc(C(C)C)no1)NCC(C)(C)CCS(C)(=O)=O.I. The number of sulfone groups is 1. The van der Waals surface area contributed by atoms with Crippen molar-refractivity contribution in [3.63, 3.8) is 0 Å². The van der Waals surface area contributed by atoms with Crippen molar-refractivity contribution in [2.24, 2.45) is 10.4 Å². The number of rotatable bonds is 8. The Labute approximate surface area is 168 Å². The lowest BCUT2D eigenvalue weighted by Crippen LogP contribution is -2.42. The van der Waals surface area contributed by atoms with Gasteiger partial charge in [-0.15, -0.1) is 24.0 Å². The number of nitrogens with one attached hydrogen (secondary N) is 2. The van der Waals surface area contributed by atoms with E-state index in [1.165, 1.54) is 6.26 Å². The van der Waals surface area contributed by atoms with Gasteiger partial charge in [0.05, 0.1) is 18.0 Å². The fourth-order valence-electron chi connectivity index (χ4n) is 1.95. The highest BCUT2D eigenvalue weighted by atomic mass is 127. The van der Waals surface area contributed by atoms with Crippen molar-refractivity contribution in [1.82, 2.24) is 15.8 Å². The van der Waals surface area contributed by atoms with Crippen LogP contribution in [0, 0.1) is 5.41 Å². The summed E-state index contributed by atoms with van der Waals surface area (Å²) in [5, 5.41) is 10.4. The van der Waals surface area contributed by atoms with Crippen molar-refractivity contribution in [3.8, 4) is 0 Å². The van der Waals surface area contributed by atoms with E-state index in [0.29, 0.717) is 31.4 Å². The first-order valence-electron chi connectivity index (χ1n) is 8.10. The van der Waals surface area contributed by atoms with Gasteiger partial charge >= 0.3 is 0 Å². The van der Waals surface area contributed by atoms with E-state index in [-0.39, 0.29) is 35.1 Å². The summed E-state index contributed by atoms with van der Waals surface area (Å²) in [5.41, 5.74) is 0.772. The molecule has 0 atom stereocenters. The second kappa shape index (κ2) is 10.3. The Morgan fingerprint density at radius 2 is 2.00 bits per heavy atom. The summed E-state index contributed by atoms with van der Waals surface area (Å²) in [4.78, 5) is 4.17. The number of guanidine groups is 1. The third-order valence-electron chi connectivity index (χ3n) is 3.71. The first-order valence-corrected chi connectivity index (χ1v) is 10.2. The van der Waals surface area contributed by atoms with Crippen LogP contribution in [0.5, 0.6) is 0 Å². The highest BCUT2D eigenvalue weighted by Crippen LogP contribution is 2.19. The molecule has 1 rings (SSSR count). The van der Waals surface area contributed by atoms with E-state index in [0.717, 1.165) is 11.5 Å². The van der Waals surface area contributed by atoms with Crippen molar-refractivity contribution >= 4 is 39.8 Å². The van der Waals surface area contributed by atoms with Gasteiger partial charge in [-0.25, -0.2) is 8.42 Å². The normalized spacial score (nSPS) is 12.8. The van der Waals surface area contributed by atoms with Crippen LogP contribution in [0.2, 0.25) is 0 Å². The largest absolute Gasteiger partial charge is 0.359 e. The van der Waals surface area contributed by atoms with Crippen molar-refractivity contribution < 1.29 is 12.9 Å². The number of hydrogen-bond donors (Lipinski definition) is 2. The van der Waals surface area contributed by atoms with Crippen LogP contribution in [-0.4, -0.2) is 45.1 Å². The van der Waals surface area contributed by atoms with Crippen molar-refractivity contribution in [3.05, 3.63) is 17.5 Å². The Bertz CT molecular complexity index is 654. The lowest BCUT2D eigenvalue weighted by Gasteiger charge is -2.25. The predicted octanol–water partition coefficient (Wildman–Crippen LogP) is 2.54. The van der Waals surface area contributed by atoms with Crippen LogP contribution >= 0.6 is 24.0 Å². The second-order valence-corrected chi connectivity index (χ2v) is 9.46. The monoisotopic (exact) mass is 486 g/mol. The Morgan fingerprint density at radius 1 is 1.36 bits per heavy atom. The van der Waals surface area contributed by atoms with Crippen LogP contribution < -0.4 is 10.6 Å². The van der Waals surface area contributed by atoms with Crippen LogP contribution in [0.25, 0.3) is 0 Å². The van der Waals surface area contributed by atoms with E-state index < -0.39 is 9.84 Å². The molecular weight excluding hydrogens is 455 g/mol. The number of hydrogen-bond acceptors (Lipinski definition) is 5. The quantitative estimate of drug-likeness (QED) is 0.333. The molecule has 0 saturated heterocycles. The highest BCUT2D eigenvalue weighted by molar-refractivity contribution is 14.0. The molecule has 2 N–H and O–H groups in total. The molecule has 0 aliphatic carbocycles. The number of aromatic nitrogens is 1. The van der Waals surface area contributed by atoms with Gasteiger partial charge in [-0.1, -0.05) is 32.9 Å². The summed E-state index contributed by atoms with van der Waals surface area (Å²) in [6.45, 7) is 9.30. The summed E-state index contributed by atoms with van der Waals surface area (Å²) >= 11 is 0. The third kappa shape index (κ3) is 10.0. The van der Waals surface area contributed by atoms with Crippen LogP contribution in [-0.2, 0) is 16.4 Å². The maximum atomic E-state index is 11.3. The van der Waals surface area contributed by atoms with Gasteiger partial charge in [0.25, 0.3) is 0 Å². The standard InChI is InChI=1S/C16H30N4O3S.HI/c1-12(2)14-9-13(23-20-14)10-18-15(17-5)19-11-16(3,4)7-8-24(6,21)22;/h9,12H,7-8,10-11H2,1-6H3,(H2,17,18,19);1H. The van der Waals surface area contributed by atoms with Gasteiger partial charge in [0, 0.05) is 25.9 Å². The molecule has 0 amide bonds. The molecule has 146 valence electrons. The minimum atomic E-state index is -2.95. The molecule has 9 heteroatoms. The summed E-state index contributed by atoms with van der Waals surface area (Å²) in [7, 11) is -1.25. The second-order valence-electron chi connectivity index (χ2n) is 7.20. The molecule has 0 aliphatic heterocycles. The topological polar surface area (TPSA) is 96.6 Å². The summed E-state index contributed by atoms with van der Waals surface area (Å²) in [6, 6.07) is 1.93. The van der Waals surface area contributed by atoms with Gasteiger partial charge in [-0.2, -0.15) is 0 Å². The molecule has 0 bridgehead atoms. The molecular formula is C16H31IN4O3S. The molecule has 1 heterocycles. The van der Waals surface area contributed by atoms with E-state index in [1.807, 2.05) is 19.9 Å². The molecule has 0 spiro atoms. The molecule has 7 nitrogen and oxygen atoms in total. The van der Waals surface area contributed by atoms with Gasteiger partial charge in [-0.3, -0.25) is 4.99 Å². The highest BCUT2D eigenvalue weighted by Gasteiger charge is 2.20. The van der Waals surface area contributed by atoms with E-state index in [9.17, 15) is 8.42 Å². The smallest absolute Gasteiger partial charge is 0.191 e. The number of aliphatic imine (C=N–C) groups is 1. The van der Waals surface area contributed by atoms with Gasteiger partial charge in [0.2, 0.25) is 0 Å². The molecule has 25 heavy (non-hydrogen) atoms. The van der Waals surface area contributed by atoms with Gasteiger partial charge < -0.3 is 15.2 Å². The zero-order valence-corrected chi connectivity index (χ0v) is 19.1. The lowest BCUT2D eigenvalue weighted by atomic mass is 9.90. The summed E-state index contributed by atoms with van der Waals surface area (Å²) in [6.07, 6.45) is 1.86. The van der Waals surface area contributed by atoms with E-state index in [4.69, 9.17) is 4.52 Å². The van der Waals surface area contributed by atoms with Crippen LogP contribution in [0.15, 0.2) is 15.6 Å². The van der Waals surface area contributed by atoms with E-state index in [2.05, 4.69) is 34.6 Å². The van der Waals surface area contributed by atoms with Crippen molar-refractivity contribution in [2.75, 3.05) is 25.6 Å². The maximum Gasteiger partial charge on any atom is 0.191 e. The number of halogens is 1. The van der Waals surface area contributed by atoms with Crippen molar-refractivity contribution in [1.29, 1.82) is 0 Å². The first kappa shape index (κ1) is 24.2. The summed E-state index contributed by atoms with van der Waals surface area (Å²) < 4.78 is 27.9. The zero-order chi connectivity index (χ0) is 18.4. The van der Waals surface area contributed by atoms with Gasteiger partial charge in [-0.05, 0) is 17.8 Å². The molecule has 1 aromatic heterocycles. The maximum absolute atomic E-state index is 11.3. The van der Waals surface area contributed by atoms with Crippen molar-refractivity contribution in [2.45, 2.75) is 46.6 Å². The average Bonchev–Trinajstić information content (AvgIpc) is 2.94. The Morgan fingerprint density at radius 3 is 2.48 bits per heavy atom. The van der Waals surface area contributed by atoms with E-state index >= 15 is 0 Å². The summed E-state index contributed by atoms with van der Waals surface area (Å²) in [5.74, 6) is 1.91. The van der Waals surface area contributed by atoms with E-state index in [1.54, 1.807) is 7.05 Å². The van der Waals surface area contributed by atoms with Gasteiger partial charge in [0.15, 0.2) is 11.7 Å². The van der Waals surface area contributed by atoms with Gasteiger partial charge in [0.1, 0.15) is 9.84 Å². The average molecular weight is 486 g/mol. The molecule has 1 aromatic rings. The minimum absolute atomic E-state index is 0. The fraction of sp³-hybridized carbons (Fsp3) is 0.750.